The number of carbonyl (C=O) groups excluding carboxylic acids is 1. The molecule has 0 unspecified atom stereocenters. The number of hydrogen-bond donors (Lipinski definition) is 1. The number of nitrogens with zero attached hydrogens (tertiary/aromatic N) is 1. The lowest BCUT2D eigenvalue weighted by molar-refractivity contribution is -0.117. The van der Waals surface area contributed by atoms with Gasteiger partial charge in [-0.1, -0.05) is 6.07 Å². The molecule has 2 aromatic rings. The van der Waals surface area contributed by atoms with Gasteiger partial charge < -0.3 is 14.4 Å². The molecule has 0 radical (unpaired) electrons. The van der Waals surface area contributed by atoms with Gasteiger partial charge in [0.05, 0.1) is 18.6 Å². The van der Waals surface area contributed by atoms with Gasteiger partial charge in [0.1, 0.15) is 0 Å². The molecule has 8 heteroatoms. The van der Waals surface area contributed by atoms with Gasteiger partial charge in [-0.05, 0) is 68.1 Å². The van der Waals surface area contributed by atoms with Crippen molar-refractivity contribution in [2.45, 2.75) is 37.5 Å². The van der Waals surface area contributed by atoms with Gasteiger partial charge in [0, 0.05) is 25.2 Å². The highest BCUT2D eigenvalue weighted by Gasteiger charge is 2.22. The Bertz CT molecular complexity index is 974. The van der Waals surface area contributed by atoms with Crippen LogP contribution >= 0.6 is 0 Å². The summed E-state index contributed by atoms with van der Waals surface area (Å²) in [6, 6.07) is 12.2. The fraction of sp³-hybridized carbons (Fsp3) is 0.409. The molecule has 0 bridgehead atoms. The van der Waals surface area contributed by atoms with Gasteiger partial charge >= 0.3 is 0 Å². The van der Waals surface area contributed by atoms with Crippen molar-refractivity contribution in [3.05, 3.63) is 48.0 Å². The van der Waals surface area contributed by atoms with E-state index in [1.54, 1.807) is 36.3 Å². The second kappa shape index (κ2) is 9.95. The van der Waals surface area contributed by atoms with Gasteiger partial charge in [-0.15, -0.1) is 0 Å². The van der Waals surface area contributed by atoms with Crippen molar-refractivity contribution in [1.82, 2.24) is 4.72 Å². The number of nitrogens with one attached hydrogen (secondary N) is 1. The van der Waals surface area contributed by atoms with Crippen LogP contribution in [0.25, 0.3) is 0 Å². The van der Waals surface area contributed by atoms with Gasteiger partial charge in [-0.3, -0.25) is 4.79 Å². The molecule has 1 fully saturated rings. The third-order valence-electron chi connectivity index (χ3n) is 4.99. The second-order valence-corrected chi connectivity index (χ2v) is 8.83. The zero-order valence-electron chi connectivity index (χ0n) is 17.4. The molecule has 1 N–H and O–H groups in total. The van der Waals surface area contributed by atoms with Crippen molar-refractivity contribution < 1.29 is 22.7 Å². The molecule has 0 atom stereocenters. The van der Waals surface area contributed by atoms with Crippen molar-refractivity contribution in [2.75, 3.05) is 31.7 Å². The van der Waals surface area contributed by atoms with Crippen LogP contribution < -0.4 is 19.1 Å². The topological polar surface area (TPSA) is 84.9 Å². The van der Waals surface area contributed by atoms with Crippen molar-refractivity contribution in [3.8, 4) is 11.5 Å². The fourth-order valence-corrected chi connectivity index (χ4v) is 4.53. The summed E-state index contributed by atoms with van der Waals surface area (Å²) in [5.41, 5.74) is 1.79. The normalized spacial score (nSPS) is 14.2. The van der Waals surface area contributed by atoms with Crippen molar-refractivity contribution >= 4 is 21.6 Å². The lowest BCUT2D eigenvalue weighted by Gasteiger charge is -2.16. The summed E-state index contributed by atoms with van der Waals surface area (Å²) in [5, 5.41) is 0. The van der Waals surface area contributed by atoms with Crippen LogP contribution in [-0.4, -0.2) is 41.1 Å². The monoisotopic (exact) mass is 432 g/mol. The highest BCUT2D eigenvalue weighted by atomic mass is 32.2. The minimum Gasteiger partial charge on any atom is -0.493 e. The van der Waals surface area contributed by atoms with E-state index in [2.05, 4.69) is 4.72 Å². The summed E-state index contributed by atoms with van der Waals surface area (Å²) in [5.74, 6) is 1.45. The Morgan fingerprint density at radius 2 is 1.87 bits per heavy atom. The van der Waals surface area contributed by atoms with Crippen LogP contribution in [0.5, 0.6) is 11.5 Å². The first-order chi connectivity index (χ1) is 14.4. The predicted octanol–water partition coefficient (Wildman–Crippen LogP) is 3.13. The maximum atomic E-state index is 12.5. The Labute approximate surface area is 178 Å². The van der Waals surface area contributed by atoms with E-state index in [0.29, 0.717) is 50.5 Å². The number of sulfonamides is 1. The molecule has 0 aliphatic carbocycles. The number of amides is 1. The number of anilines is 1. The van der Waals surface area contributed by atoms with E-state index >= 15 is 0 Å². The SMILES string of the molecule is CCOc1ccc(CCCNS(=O)(=O)c2ccc(N3CCCC3=O)cc2)cc1OC. The molecule has 30 heavy (non-hydrogen) atoms. The molecule has 7 nitrogen and oxygen atoms in total. The number of rotatable bonds is 10. The highest BCUT2D eigenvalue weighted by molar-refractivity contribution is 7.89. The largest absolute Gasteiger partial charge is 0.493 e. The number of methoxy groups -OCH3 is 1. The van der Waals surface area contributed by atoms with E-state index in [1.807, 2.05) is 25.1 Å². The minimum absolute atomic E-state index is 0.0784. The summed E-state index contributed by atoms with van der Waals surface area (Å²) in [6.07, 6.45) is 2.74. The molecule has 2 aromatic carbocycles. The molecule has 1 amide bonds. The highest BCUT2D eigenvalue weighted by Crippen LogP contribution is 2.28. The van der Waals surface area contributed by atoms with Crippen molar-refractivity contribution in [3.63, 3.8) is 0 Å². The molecule has 0 saturated carbocycles. The molecule has 0 spiro atoms. The average Bonchev–Trinajstić information content (AvgIpc) is 3.18. The zero-order valence-corrected chi connectivity index (χ0v) is 18.2. The summed E-state index contributed by atoms with van der Waals surface area (Å²) in [7, 11) is -2.00. The third-order valence-corrected chi connectivity index (χ3v) is 6.47. The summed E-state index contributed by atoms with van der Waals surface area (Å²) in [6.45, 7) is 3.48. The molecule has 1 aliphatic heterocycles. The molecule has 0 aromatic heterocycles. The molecular weight excluding hydrogens is 404 g/mol. The van der Waals surface area contributed by atoms with Crippen LogP contribution in [0.2, 0.25) is 0 Å². The first kappa shape index (κ1) is 22.1. The molecule has 162 valence electrons. The lowest BCUT2D eigenvalue weighted by Crippen LogP contribution is -2.26. The Morgan fingerprint density at radius 1 is 1.10 bits per heavy atom. The van der Waals surface area contributed by atoms with Gasteiger partial charge in [0.25, 0.3) is 0 Å². The maximum Gasteiger partial charge on any atom is 0.240 e. The molecule has 1 aliphatic rings. The first-order valence-corrected chi connectivity index (χ1v) is 11.6. The van der Waals surface area contributed by atoms with E-state index < -0.39 is 10.0 Å². The van der Waals surface area contributed by atoms with E-state index in [0.717, 1.165) is 17.7 Å². The van der Waals surface area contributed by atoms with E-state index in [4.69, 9.17) is 9.47 Å². The Balaban J connectivity index is 1.53. The standard InChI is InChI=1S/C22H28N2O5S/c1-3-29-20-13-8-17(16-21(20)28-2)6-4-14-23-30(26,27)19-11-9-18(10-12-19)24-15-5-7-22(24)25/h8-13,16,23H,3-7,14-15H2,1-2H3. The number of carbonyl (C=O) groups is 1. The Kier molecular flexibility index (Phi) is 7.33. The van der Waals surface area contributed by atoms with Crippen molar-refractivity contribution in [2.24, 2.45) is 0 Å². The number of hydrogen-bond acceptors (Lipinski definition) is 5. The summed E-state index contributed by atoms with van der Waals surface area (Å²) >= 11 is 0. The van der Waals surface area contributed by atoms with E-state index in [1.165, 1.54) is 0 Å². The van der Waals surface area contributed by atoms with Gasteiger partial charge in [0.15, 0.2) is 11.5 Å². The quantitative estimate of drug-likeness (QED) is 0.583. The lowest BCUT2D eigenvalue weighted by atomic mass is 10.1. The van der Waals surface area contributed by atoms with Crippen LogP contribution in [0.3, 0.4) is 0 Å². The van der Waals surface area contributed by atoms with Crippen LogP contribution in [0.15, 0.2) is 47.4 Å². The summed E-state index contributed by atoms with van der Waals surface area (Å²) in [4.78, 5) is 13.7. The van der Waals surface area contributed by atoms with E-state index in [-0.39, 0.29) is 10.8 Å². The Morgan fingerprint density at radius 3 is 2.50 bits per heavy atom. The van der Waals surface area contributed by atoms with Crippen LogP contribution in [0, 0.1) is 0 Å². The average molecular weight is 433 g/mol. The van der Waals surface area contributed by atoms with Crippen LogP contribution in [0.1, 0.15) is 31.7 Å². The van der Waals surface area contributed by atoms with E-state index in [9.17, 15) is 13.2 Å². The van der Waals surface area contributed by atoms with Crippen molar-refractivity contribution in [1.29, 1.82) is 0 Å². The number of aryl methyl sites for hydroxylation is 1. The van der Waals surface area contributed by atoms with Crippen LogP contribution in [-0.2, 0) is 21.2 Å². The van der Waals surface area contributed by atoms with Gasteiger partial charge in [0.2, 0.25) is 15.9 Å². The molecular formula is C22H28N2O5S. The van der Waals surface area contributed by atoms with Crippen LogP contribution in [0.4, 0.5) is 5.69 Å². The van der Waals surface area contributed by atoms with Gasteiger partial charge in [-0.2, -0.15) is 0 Å². The Hall–Kier alpha value is -2.58. The number of benzene rings is 2. The smallest absolute Gasteiger partial charge is 0.240 e. The fourth-order valence-electron chi connectivity index (χ4n) is 3.45. The summed E-state index contributed by atoms with van der Waals surface area (Å²) < 4.78 is 38.6. The second-order valence-electron chi connectivity index (χ2n) is 7.06. The molecule has 3 rings (SSSR count). The number of ether oxygens (including phenoxy) is 2. The third kappa shape index (κ3) is 5.31. The maximum absolute atomic E-state index is 12.5. The molecule has 1 heterocycles. The minimum atomic E-state index is -3.59. The predicted molar refractivity (Wildman–Crippen MR) is 116 cm³/mol. The van der Waals surface area contributed by atoms with Gasteiger partial charge in [-0.25, -0.2) is 13.1 Å². The first-order valence-electron chi connectivity index (χ1n) is 10.1. The molecule has 1 saturated heterocycles. The zero-order chi connectivity index (χ0) is 21.6.